The predicted octanol–water partition coefficient (Wildman–Crippen LogP) is 1.98. The number of carbonyl (C=O) groups is 2. The molecule has 1 aliphatic rings. The molecule has 0 aromatic carbocycles. The first-order valence-corrected chi connectivity index (χ1v) is 6.60. The van der Waals surface area contributed by atoms with Crippen LogP contribution in [0.25, 0.3) is 0 Å². The second-order valence-corrected chi connectivity index (χ2v) is 4.53. The van der Waals surface area contributed by atoms with E-state index in [4.69, 9.17) is 4.74 Å². The fourth-order valence-corrected chi connectivity index (χ4v) is 1.99. The van der Waals surface area contributed by atoms with Gasteiger partial charge < -0.3 is 9.64 Å². The van der Waals surface area contributed by atoms with E-state index in [2.05, 4.69) is 0 Å². The zero-order valence-corrected chi connectivity index (χ0v) is 10.9. The van der Waals surface area contributed by atoms with E-state index < -0.39 is 0 Å². The van der Waals surface area contributed by atoms with Crippen molar-refractivity contribution in [3.05, 3.63) is 0 Å². The minimum Gasteiger partial charge on any atom is -0.466 e. The van der Waals surface area contributed by atoms with Crippen LogP contribution in [0, 0.1) is 5.92 Å². The van der Waals surface area contributed by atoms with Crippen molar-refractivity contribution in [3.8, 4) is 0 Å². The van der Waals surface area contributed by atoms with E-state index in [9.17, 15) is 9.59 Å². The van der Waals surface area contributed by atoms with Gasteiger partial charge in [0.05, 0.1) is 13.0 Å². The summed E-state index contributed by atoms with van der Waals surface area (Å²) in [5, 5.41) is 0. The van der Waals surface area contributed by atoms with Crippen molar-refractivity contribution in [2.75, 3.05) is 19.7 Å². The molecule has 0 heterocycles. The van der Waals surface area contributed by atoms with Gasteiger partial charge in [0.1, 0.15) is 0 Å². The topological polar surface area (TPSA) is 46.6 Å². The Morgan fingerprint density at radius 3 is 2.41 bits per heavy atom. The molecule has 1 saturated carbocycles. The Bertz CT molecular complexity index is 261. The molecule has 0 atom stereocenters. The van der Waals surface area contributed by atoms with Crippen molar-refractivity contribution < 1.29 is 14.3 Å². The Labute approximate surface area is 103 Å². The van der Waals surface area contributed by atoms with Crippen LogP contribution < -0.4 is 0 Å². The molecule has 1 fully saturated rings. The normalized spacial score (nSPS) is 15.2. The van der Waals surface area contributed by atoms with Gasteiger partial charge in [-0.1, -0.05) is 6.42 Å². The van der Waals surface area contributed by atoms with E-state index in [1.165, 1.54) is 19.3 Å². The highest BCUT2D eigenvalue weighted by atomic mass is 16.5. The Morgan fingerprint density at radius 2 is 1.94 bits per heavy atom. The average molecular weight is 241 g/mol. The maximum atomic E-state index is 11.9. The number of hydrogen-bond donors (Lipinski definition) is 0. The molecule has 17 heavy (non-hydrogen) atoms. The van der Waals surface area contributed by atoms with E-state index in [1.807, 2.05) is 11.8 Å². The smallest absolute Gasteiger partial charge is 0.306 e. The lowest BCUT2D eigenvalue weighted by molar-refractivity contribution is -0.145. The van der Waals surface area contributed by atoms with Crippen LogP contribution in [0.15, 0.2) is 0 Å². The van der Waals surface area contributed by atoms with Crippen molar-refractivity contribution >= 4 is 11.9 Å². The third kappa shape index (κ3) is 4.75. The first kappa shape index (κ1) is 14.0. The molecule has 1 amide bonds. The molecule has 0 aromatic rings. The number of carbonyl (C=O) groups excluding carboxylic acids is 2. The maximum absolute atomic E-state index is 11.9. The van der Waals surface area contributed by atoms with Gasteiger partial charge in [0, 0.05) is 19.5 Å². The van der Waals surface area contributed by atoms with Gasteiger partial charge in [0.2, 0.25) is 5.91 Å². The number of esters is 1. The number of hydrogen-bond acceptors (Lipinski definition) is 3. The number of rotatable bonds is 7. The van der Waals surface area contributed by atoms with Gasteiger partial charge in [-0.3, -0.25) is 9.59 Å². The molecule has 1 aliphatic carbocycles. The highest BCUT2D eigenvalue weighted by molar-refractivity contribution is 5.81. The highest BCUT2D eigenvalue weighted by Gasteiger charge is 2.22. The van der Waals surface area contributed by atoms with Crippen LogP contribution in [0.4, 0.5) is 0 Å². The third-order valence-electron chi connectivity index (χ3n) is 3.29. The van der Waals surface area contributed by atoms with Crippen LogP contribution in [0.5, 0.6) is 0 Å². The number of amides is 1. The third-order valence-corrected chi connectivity index (χ3v) is 3.29. The molecule has 0 spiro atoms. The van der Waals surface area contributed by atoms with Gasteiger partial charge >= 0.3 is 5.97 Å². The van der Waals surface area contributed by atoms with Crippen molar-refractivity contribution in [1.29, 1.82) is 0 Å². The average Bonchev–Trinajstić information content (AvgIpc) is 2.25. The monoisotopic (exact) mass is 241 g/mol. The van der Waals surface area contributed by atoms with Gasteiger partial charge in [-0.25, -0.2) is 0 Å². The molecule has 0 aliphatic heterocycles. The van der Waals surface area contributed by atoms with E-state index in [-0.39, 0.29) is 24.7 Å². The van der Waals surface area contributed by atoms with Crippen LogP contribution in [0.1, 0.15) is 46.0 Å². The van der Waals surface area contributed by atoms with Crippen LogP contribution in [-0.4, -0.2) is 36.5 Å². The SMILES string of the molecule is CCOC(=O)CCC(=O)N(CC)CC1CCC1. The zero-order chi connectivity index (χ0) is 12.7. The minimum atomic E-state index is -0.277. The molecular formula is C13H23NO3. The Morgan fingerprint density at radius 1 is 1.24 bits per heavy atom. The first-order valence-electron chi connectivity index (χ1n) is 6.60. The lowest BCUT2D eigenvalue weighted by Gasteiger charge is -2.31. The molecule has 1 rings (SSSR count). The van der Waals surface area contributed by atoms with Crippen LogP contribution in [0.3, 0.4) is 0 Å². The maximum Gasteiger partial charge on any atom is 0.306 e. The summed E-state index contributed by atoms with van der Waals surface area (Å²) in [7, 11) is 0. The van der Waals surface area contributed by atoms with Crippen LogP contribution in [-0.2, 0) is 14.3 Å². The van der Waals surface area contributed by atoms with Gasteiger partial charge in [-0.2, -0.15) is 0 Å². The van der Waals surface area contributed by atoms with E-state index in [1.54, 1.807) is 6.92 Å². The number of ether oxygens (including phenoxy) is 1. The van der Waals surface area contributed by atoms with Gasteiger partial charge in [-0.15, -0.1) is 0 Å². The van der Waals surface area contributed by atoms with Crippen molar-refractivity contribution in [2.24, 2.45) is 5.92 Å². The van der Waals surface area contributed by atoms with Crippen molar-refractivity contribution in [1.82, 2.24) is 4.90 Å². The molecule has 4 nitrogen and oxygen atoms in total. The fourth-order valence-electron chi connectivity index (χ4n) is 1.99. The van der Waals surface area contributed by atoms with Gasteiger partial charge in [0.25, 0.3) is 0 Å². The Kier molecular flexibility index (Phi) is 6.01. The summed E-state index contributed by atoms with van der Waals surface area (Å²) in [6.45, 7) is 5.73. The summed E-state index contributed by atoms with van der Waals surface area (Å²) >= 11 is 0. The first-order chi connectivity index (χ1) is 8.17. The van der Waals surface area contributed by atoms with E-state index >= 15 is 0 Å². The molecule has 0 saturated heterocycles. The second-order valence-electron chi connectivity index (χ2n) is 4.53. The molecule has 0 radical (unpaired) electrons. The molecule has 0 N–H and O–H groups in total. The summed E-state index contributed by atoms with van der Waals surface area (Å²) in [5.41, 5.74) is 0. The highest BCUT2D eigenvalue weighted by Crippen LogP contribution is 2.27. The Balaban J connectivity index is 2.25. The predicted molar refractivity (Wildman–Crippen MR) is 65.5 cm³/mol. The quantitative estimate of drug-likeness (QED) is 0.640. The summed E-state index contributed by atoms with van der Waals surface area (Å²) < 4.78 is 4.81. The van der Waals surface area contributed by atoms with E-state index in [0.29, 0.717) is 12.5 Å². The molecule has 0 unspecified atom stereocenters. The molecule has 0 bridgehead atoms. The number of nitrogens with zero attached hydrogens (tertiary/aromatic N) is 1. The molecule has 0 aromatic heterocycles. The lowest BCUT2D eigenvalue weighted by Crippen LogP contribution is -2.37. The van der Waals surface area contributed by atoms with Crippen LogP contribution in [0.2, 0.25) is 0 Å². The molecule has 4 heteroatoms. The largest absolute Gasteiger partial charge is 0.466 e. The summed E-state index contributed by atoms with van der Waals surface area (Å²) in [6, 6.07) is 0. The summed E-state index contributed by atoms with van der Waals surface area (Å²) in [4.78, 5) is 24.9. The molecule has 98 valence electrons. The standard InChI is InChI=1S/C13H23NO3/c1-3-14(10-11-6-5-7-11)12(15)8-9-13(16)17-4-2/h11H,3-10H2,1-2H3. The lowest BCUT2D eigenvalue weighted by atomic mass is 9.85. The summed E-state index contributed by atoms with van der Waals surface area (Å²) in [5.74, 6) is 0.481. The Hall–Kier alpha value is -1.06. The minimum absolute atomic E-state index is 0.0763. The second kappa shape index (κ2) is 7.30. The van der Waals surface area contributed by atoms with Crippen molar-refractivity contribution in [2.45, 2.75) is 46.0 Å². The zero-order valence-electron chi connectivity index (χ0n) is 10.9. The van der Waals surface area contributed by atoms with E-state index in [0.717, 1.165) is 13.1 Å². The van der Waals surface area contributed by atoms with Gasteiger partial charge in [0.15, 0.2) is 0 Å². The van der Waals surface area contributed by atoms with Gasteiger partial charge in [-0.05, 0) is 32.6 Å². The van der Waals surface area contributed by atoms with Crippen LogP contribution >= 0.6 is 0 Å². The molecular weight excluding hydrogens is 218 g/mol. The fraction of sp³-hybridized carbons (Fsp3) is 0.846. The summed E-state index contributed by atoms with van der Waals surface area (Å²) in [6.07, 6.45) is 4.25. The van der Waals surface area contributed by atoms with Crippen molar-refractivity contribution in [3.63, 3.8) is 0 Å².